The van der Waals surface area contributed by atoms with E-state index in [0.717, 1.165) is 38.8 Å². The summed E-state index contributed by atoms with van der Waals surface area (Å²) in [5.74, 6) is 0.574. The van der Waals surface area contributed by atoms with Crippen LogP contribution in [0.15, 0.2) is 85.1 Å². The van der Waals surface area contributed by atoms with E-state index in [9.17, 15) is 4.79 Å². The molecule has 0 fully saturated rings. The molecule has 0 aliphatic carbocycles. The molecule has 0 aliphatic rings. The Morgan fingerprint density at radius 2 is 1.72 bits per heavy atom. The Kier molecular flexibility index (Phi) is 4.26. The molecule has 0 saturated heterocycles. The fourth-order valence-electron chi connectivity index (χ4n) is 3.42. The number of carbonyl (C=O) groups excluding carboxylic acids is 1. The van der Waals surface area contributed by atoms with E-state index in [1.54, 1.807) is 6.20 Å². The number of carbonyl (C=O) groups is 1. The van der Waals surface area contributed by atoms with Crippen molar-refractivity contribution in [3.8, 4) is 5.75 Å². The molecule has 1 amide bonds. The van der Waals surface area contributed by atoms with Crippen LogP contribution in [0, 0.1) is 0 Å². The molecule has 3 N–H and O–H groups in total. The molecular weight excluding hydrogens is 362 g/mol. The fraction of sp³-hybridized carbons (Fsp3) is 0.0417. The Labute approximate surface area is 167 Å². The lowest BCUT2D eigenvalue weighted by atomic mass is 10.2. The summed E-state index contributed by atoms with van der Waals surface area (Å²) in [6.07, 6.45) is 1.81. The van der Waals surface area contributed by atoms with Crippen molar-refractivity contribution < 1.29 is 9.53 Å². The summed E-state index contributed by atoms with van der Waals surface area (Å²) < 4.78 is 5.88. The van der Waals surface area contributed by atoms with Crippen LogP contribution in [0.4, 0.5) is 5.69 Å². The molecule has 0 spiro atoms. The van der Waals surface area contributed by atoms with Crippen LogP contribution in [0.2, 0.25) is 0 Å². The number of H-pyrrole nitrogens is 2. The molecule has 0 atom stereocenters. The molecular formula is C24H19N3O2. The average molecular weight is 381 g/mol. The van der Waals surface area contributed by atoms with Gasteiger partial charge in [-0.05, 0) is 29.8 Å². The third-order valence-electron chi connectivity index (χ3n) is 4.92. The standard InChI is InChI=1S/C24H19N3O2/c28-24(27-23-14-25-20-9-5-4-8-19(20)23)22-12-17-10-11-18(13-21(17)26-22)29-15-16-6-2-1-3-7-16/h1-14,25-26H,15H2,(H,27,28). The van der Waals surface area contributed by atoms with Gasteiger partial charge in [0.25, 0.3) is 5.91 Å². The summed E-state index contributed by atoms with van der Waals surface area (Å²) in [6, 6.07) is 25.5. The van der Waals surface area contributed by atoms with Crippen LogP contribution in [0.3, 0.4) is 0 Å². The zero-order valence-corrected chi connectivity index (χ0v) is 15.6. The molecule has 5 nitrogen and oxygen atoms in total. The number of ether oxygens (including phenoxy) is 1. The van der Waals surface area contributed by atoms with Crippen LogP contribution >= 0.6 is 0 Å². The summed E-state index contributed by atoms with van der Waals surface area (Å²) in [7, 11) is 0. The van der Waals surface area contributed by atoms with Gasteiger partial charge in [-0.2, -0.15) is 0 Å². The summed E-state index contributed by atoms with van der Waals surface area (Å²) in [5.41, 5.74) is 4.22. The number of hydrogen-bond donors (Lipinski definition) is 3. The van der Waals surface area contributed by atoms with Gasteiger partial charge in [0.2, 0.25) is 0 Å². The Hall–Kier alpha value is -3.99. The van der Waals surface area contributed by atoms with Crippen molar-refractivity contribution in [1.29, 1.82) is 0 Å². The van der Waals surface area contributed by atoms with Crippen LogP contribution in [-0.2, 0) is 6.61 Å². The van der Waals surface area contributed by atoms with E-state index in [0.29, 0.717) is 12.3 Å². The van der Waals surface area contributed by atoms with Crippen molar-refractivity contribution in [3.05, 3.63) is 96.3 Å². The highest BCUT2D eigenvalue weighted by molar-refractivity contribution is 6.09. The molecule has 5 heteroatoms. The van der Waals surface area contributed by atoms with Gasteiger partial charge in [-0.25, -0.2) is 0 Å². The maximum Gasteiger partial charge on any atom is 0.272 e. The van der Waals surface area contributed by atoms with Crippen molar-refractivity contribution in [3.63, 3.8) is 0 Å². The van der Waals surface area contributed by atoms with E-state index in [-0.39, 0.29) is 5.91 Å². The smallest absolute Gasteiger partial charge is 0.272 e. The minimum atomic E-state index is -0.183. The van der Waals surface area contributed by atoms with Crippen molar-refractivity contribution in [2.75, 3.05) is 5.32 Å². The molecule has 0 radical (unpaired) electrons. The maximum absolute atomic E-state index is 12.7. The number of amides is 1. The zero-order valence-electron chi connectivity index (χ0n) is 15.6. The first-order valence-corrected chi connectivity index (χ1v) is 9.43. The number of aromatic amines is 2. The first-order chi connectivity index (χ1) is 14.3. The van der Waals surface area contributed by atoms with Gasteiger partial charge in [-0.15, -0.1) is 0 Å². The second-order valence-corrected chi connectivity index (χ2v) is 6.91. The molecule has 5 aromatic rings. The lowest BCUT2D eigenvalue weighted by Crippen LogP contribution is -2.11. The maximum atomic E-state index is 12.7. The Morgan fingerprint density at radius 1 is 0.897 bits per heavy atom. The summed E-state index contributed by atoms with van der Waals surface area (Å²) in [6.45, 7) is 0.501. The third kappa shape index (κ3) is 3.46. The Morgan fingerprint density at radius 3 is 2.62 bits per heavy atom. The van der Waals surface area contributed by atoms with E-state index in [4.69, 9.17) is 4.74 Å². The van der Waals surface area contributed by atoms with E-state index in [1.165, 1.54) is 0 Å². The van der Waals surface area contributed by atoms with Gasteiger partial charge in [-0.3, -0.25) is 4.79 Å². The highest BCUT2D eigenvalue weighted by Gasteiger charge is 2.12. The van der Waals surface area contributed by atoms with Crippen molar-refractivity contribution in [2.24, 2.45) is 0 Å². The molecule has 0 saturated carbocycles. The molecule has 2 aromatic heterocycles. The van der Waals surface area contributed by atoms with Crippen LogP contribution < -0.4 is 10.1 Å². The van der Waals surface area contributed by atoms with Gasteiger partial charge in [0.15, 0.2) is 0 Å². The van der Waals surface area contributed by atoms with Gasteiger partial charge in [-0.1, -0.05) is 48.5 Å². The molecule has 29 heavy (non-hydrogen) atoms. The summed E-state index contributed by atoms with van der Waals surface area (Å²) >= 11 is 0. The number of aromatic nitrogens is 2. The van der Waals surface area contributed by atoms with Gasteiger partial charge in [0.1, 0.15) is 18.1 Å². The van der Waals surface area contributed by atoms with E-state index in [2.05, 4.69) is 15.3 Å². The predicted octanol–water partition coefficient (Wildman–Crippen LogP) is 5.48. The van der Waals surface area contributed by atoms with E-state index in [1.807, 2.05) is 78.9 Å². The second kappa shape index (κ2) is 7.20. The molecule has 0 bridgehead atoms. The number of anilines is 1. The van der Waals surface area contributed by atoms with Crippen molar-refractivity contribution >= 4 is 33.4 Å². The topological polar surface area (TPSA) is 69.9 Å². The van der Waals surface area contributed by atoms with E-state index < -0.39 is 0 Å². The van der Waals surface area contributed by atoms with Crippen molar-refractivity contribution in [1.82, 2.24) is 9.97 Å². The molecule has 0 unspecified atom stereocenters. The number of para-hydroxylation sites is 1. The Bertz CT molecular complexity index is 1300. The lowest BCUT2D eigenvalue weighted by Gasteiger charge is -2.06. The highest BCUT2D eigenvalue weighted by atomic mass is 16.5. The molecule has 2 heterocycles. The first-order valence-electron chi connectivity index (χ1n) is 9.43. The van der Waals surface area contributed by atoms with Crippen LogP contribution in [0.5, 0.6) is 5.75 Å². The first kappa shape index (κ1) is 17.1. The van der Waals surface area contributed by atoms with Crippen LogP contribution in [-0.4, -0.2) is 15.9 Å². The number of nitrogens with one attached hydrogen (secondary N) is 3. The lowest BCUT2D eigenvalue weighted by molar-refractivity contribution is 0.102. The minimum absolute atomic E-state index is 0.183. The quantitative estimate of drug-likeness (QED) is 0.377. The number of hydrogen-bond acceptors (Lipinski definition) is 2. The van der Waals surface area contributed by atoms with Crippen molar-refractivity contribution in [2.45, 2.75) is 6.61 Å². The number of fused-ring (bicyclic) bond motifs is 2. The minimum Gasteiger partial charge on any atom is -0.489 e. The number of benzene rings is 3. The third-order valence-corrected chi connectivity index (χ3v) is 4.92. The van der Waals surface area contributed by atoms with Crippen LogP contribution in [0.25, 0.3) is 21.8 Å². The summed E-state index contributed by atoms with van der Waals surface area (Å²) in [5, 5.41) is 4.91. The largest absolute Gasteiger partial charge is 0.489 e. The van der Waals surface area contributed by atoms with Gasteiger partial charge < -0.3 is 20.0 Å². The normalized spacial score (nSPS) is 11.0. The zero-order chi connectivity index (χ0) is 19.6. The van der Waals surface area contributed by atoms with Gasteiger partial charge >= 0.3 is 0 Å². The summed E-state index contributed by atoms with van der Waals surface area (Å²) in [4.78, 5) is 19.1. The average Bonchev–Trinajstić information content (AvgIpc) is 3.37. The molecule has 3 aromatic carbocycles. The van der Waals surface area contributed by atoms with Gasteiger partial charge in [0, 0.05) is 34.1 Å². The van der Waals surface area contributed by atoms with E-state index >= 15 is 0 Å². The molecule has 5 rings (SSSR count). The highest BCUT2D eigenvalue weighted by Crippen LogP contribution is 2.25. The van der Waals surface area contributed by atoms with Gasteiger partial charge in [0.05, 0.1) is 5.69 Å². The fourth-order valence-corrected chi connectivity index (χ4v) is 3.42. The second-order valence-electron chi connectivity index (χ2n) is 6.91. The number of rotatable bonds is 5. The van der Waals surface area contributed by atoms with Crippen LogP contribution in [0.1, 0.15) is 16.1 Å². The molecule has 142 valence electrons. The monoisotopic (exact) mass is 381 g/mol. The SMILES string of the molecule is O=C(Nc1c[nH]c2ccccc12)c1cc2ccc(OCc3ccccc3)cc2[nH]1. The predicted molar refractivity (Wildman–Crippen MR) is 115 cm³/mol. The molecule has 0 aliphatic heterocycles. The Balaban J connectivity index is 1.34.